The zero-order chi connectivity index (χ0) is 12.1. The lowest BCUT2D eigenvalue weighted by Gasteiger charge is -2.22. The van der Waals surface area contributed by atoms with Gasteiger partial charge in [0, 0.05) is 4.83 Å². The van der Waals surface area contributed by atoms with Crippen LogP contribution >= 0.6 is 15.9 Å². The second-order valence-corrected chi connectivity index (χ2v) is 7.71. The van der Waals surface area contributed by atoms with Crippen LogP contribution in [-0.2, 0) is 10.8 Å². The highest BCUT2D eigenvalue weighted by atomic mass is 79.9. The molecule has 1 aliphatic rings. The van der Waals surface area contributed by atoms with Crippen molar-refractivity contribution in [2.24, 2.45) is 0 Å². The van der Waals surface area contributed by atoms with Gasteiger partial charge in [0.25, 0.3) is 0 Å². The number of halogens is 1. The summed E-state index contributed by atoms with van der Waals surface area (Å²) in [7, 11) is 0. The van der Waals surface area contributed by atoms with Crippen molar-refractivity contribution in [2.45, 2.75) is 56.7 Å². The molecule has 1 unspecified atom stereocenters. The highest BCUT2D eigenvalue weighted by Gasteiger charge is 2.36. The smallest absolute Gasteiger partial charge is 0.0406 e. The minimum absolute atomic E-state index is 0.245. The average Bonchev–Trinajstić information content (AvgIpc) is 2.36. The Kier molecular flexibility index (Phi) is 2.73. The van der Waals surface area contributed by atoms with E-state index in [9.17, 15) is 0 Å². The lowest BCUT2D eigenvalue weighted by molar-refractivity contribution is 0.520. The third kappa shape index (κ3) is 1.95. The van der Waals surface area contributed by atoms with Crippen LogP contribution in [0, 0.1) is 0 Å². The molecule has 0 spiro atoms. The van der Waals surface area contributed by atoms with Crippen LogP contribution in [0.3, 0.4) is 0 Å². The molecule has 0 fully saturated rings. The molecule has 1 heteroatoms. The van der Waals surface area contributed by atoms with Crippen LogP contribution in [0.5, 0.6) is 0 Å². The Bertz CT molecular complexity index is 410. The Morgan fingerprint density at radius 2 is 1.88 bits per heavy atom. The molecule has 0 saturated heterocycles. The summed E-state index contributed by atoms with van der Waals surface area (Å²) >= 11 is 3.81. The molecule has 0 N–H and O–H groups in total. The van der Waals surface area contributed by atoms with Gasteiger partial charge in [0.1, 0.15) is 0 Å². The van der Waals surface area contributed by atoms with Crippen molar-refractivity contribution in [3.05, 3.63) is 34.9 Å². The van der Waals surface area contributed by atoms with Gasteiger partial charge < -0.3 is 0 Å². The van der Waals surface area contributed by atoms with E-state index < -0.39 is 0 Å². The van der Waals surface area contributed by atoms with Gasteiger partial charge in [0.15, 0.2) is 0 Å². The molecule has 0 nitrogen and oxygen atoms in total. The molecule has 1 aromatic rings. The maximum Gasteiger partial charge on any atom is 0.0406 e. The number of alkyl halides is 1. The number of benzene rings is 1. The summed E-state index contributed by atoms with van der Waals surface area (Å²) in [6.45, 7) is 11.5. The SMILES string of the molecule is CC(C)(C)c1ccc2c(c1)C(Br)CC2(C)C. The van der Waals surface area contributed by atoms with E-state index in [4.69, 9.17) is 0 Å². The van der Waals surface area contributed by atoms with Gasteiger partial charge in [0.05, 0.1) is 0 Å². The Morgan fingerprint density at radius 1 is 1.25 bits per heavy atom. The number of fused-ring (bicyclic) bond motifs is 1. The van der Waals surface area contributed by atoms with E-state index in [0.29, 0.717) is 10.2 Å². The normalized spacial score (nSPS) is 23.2. The molecule has 0 radical (unpaired) electrons. The topological polar surface area (TPSA) is 0 Å². The van der Waals surface area contributed by atoms with Gasteiger partial charge in [-0.25, -0.2) is 0 Å². The van der Waals surface area contributed by atoms with Gasteiger partial charge in [-0.15, -0.1) is 0 Å². The molecule has 0 bridgehead atoms. The molecular weight excluding hydrogens is 260 g/mol. The van der Waals surface area contributed by atoms with Crippen LogP contribution in [0.2, 0.25) is 0 Å². The molecule has 1 atom stereocenters. The van der Waals surface area contributed by atoms with E-state index in [1.54, 1.807) is 0 Å². The first-order valence-corrected chi connectivity index (χ1v) is 6.92. The number of hydrogen-bond donors (Lipinski definition) is 0. The van der Waals surface area contributed by atoms with Crippen molar-refractivity contribution in [1.82, 2.24) is 0 Å². The van der Waals surface area contributed by atoms with Crippen LogP contribution < -0.4 is 0 Å². The zero-order valence-electron chi connectivity index (χ0n) is 10.9. The second-order valence-electron chi connectivity index (χ2n) is 6.61. The molecule has 16 heavy (non-hydrogen) atoms. The molecule has 88 valence electrons. The lowest BCUT2D eigenvalue weighted by Crippen LogP contribution is -2.14. The Morgan fingerprint density at radius 3 is 2.44 bits per heavy atom. The van der Waals surface area contributed by atoms with Gasteiger partial charge >= 0.3 is 0 Å². The fourth-order valence-corrected chi connectivity index (χ4v) is 3.76. The van der Waals surface area contributed by atoms with E-state index in [-0.39, 0.29) is 5.41 Å². The quantitative estimate of drug-likeness (QED) is 0.580. The average molecular weight is 281 g/mol. The van der Waals surface area contributed by atoms with Crippen molar-refractivity contribution in [1.29, 1.82) is 0 Å². The summed E-state index contributed by atoms with van der Waals surface area (Å²) in [5, 5.41) is 0. The largest absolute Gasteiger partial charge is 0.0838 e. The maximum absolute atomic E-state index is 3.81. The molecular formula is C15H21Br. The summed E-state index contributed by atoms with van der Waals surface area (Å²) < 4.78 is 0. The van der Waals surface area contributed by atoms with Crippen molar-refractivity contribution in [3.8, 4) is 0 Å². The lowest BCUT2D eigenvalue weighted by atomic mass is 9.82. The van der Waals surface area contributed by atoms with Crippen LogP contribution in [0.1, 0.15) is 62.6 Å². The Hall–Kier alpha value is -0.300. The fraction of sp³-hybridized carbons (Fsp3) is 0.600. The van der Waals surface area contributed by atoms with Gasteiger partial charge in [-0.2, -0.15) is 0 Å². The first-order valence-electron chi connectivity index (χ1n) is 6.01. The predicted octanol–water partition coefficient (Wildman–Crippen LogP) is 5.10. The molecule has 0 aliphatic heterocycles. The Labute approximate surface area is 108 Å². The first-order chi connectivity index (χ1) is 7.22. The molecule has 0 amide bonds. The van der Waals surface area contributed by atoms with Gasteiger partial charge in [-0.3, -0.25) is 0 Å². The molecule has 2 rings (SSSR count). The van der Waals surface area contributed by atoms with Crippen molar-refractivity contribution in [2.75, 3.05) is 0 Å². The molecule has 1 aliphatic carbocycles. The summed E-state index contributed by atoms with van der Waals surface area (Å²) in [5.41, 5.74) is 5.02. The van der Waals surface area contributed by atoms with E-state index >= 15 is 0 Å². The predicted molar refractivity (Wildman–Crippen MR) is 74.5 cm³/mol. The summed E-state index contributed by atoms with van der Waals surface area (Å²) in [5.74, 6) is 0. The van der Waals surface area contributed by atoms with Crippen LogP contribution in [0.15, 0.2) is 18.2 Å². The van der Waals surface area contributed by atoms with Crippen molar-refractivity contribution >= 4 is 15.9 Å². The van der Waals surface area contributed by atoms with Crippen LogP contribution in [0.25, 0.3) is 0 Å². The monoisotopic (exact) mass is 280 g/mol. The second kappa shape index (κ2) is 3.60. The van der Waals surface area contributed by atoms with Crippen LogP contribution in [-0.4, -0.2) is 0 Å². The summed E-state index contributed by atoms with van der Waals surface area (Å²) in [4.78, 5) is 0.528. The van der Waals surface area contributed by atoms with E-state index in [0.717, 1.165) is 0 Å². The zero-order valence-corrected chi connectivity index (χ0v) is 12.5. The fourth-order valence-electron chi connectivity index (χ4n) is 2.57. The van der Waals surface area contributed by atoms with E-state index in [1.165, 1.54) is 23.1 Å². The summed E-state index contributed by atoms with van der Waals surface area (Å²) in [6.07, 6.45) is 1.20. The Balaban J connectivity index is 2.53. The molecule has 0 heterocycles. The maximum atomic E-state index is 3.81. The van der Waals surface area contributed by atoms with Crippen molar-refractivity contribution in [3.63, 3.8) is 0 Å². The highest BCUT2D eigenvalue weighted by Crippen LogP contribution is 2.49. The first kappa shape index (κ1) is 12.2. The molecule has 0 aromatic heterocycles. The molecule has 0 saturated carbocycles. The number of rotatable bonds is 0. The molecule has 1 aromatic carbocycles. The van der Waals surface area contributed by atoms with Gasteiger partial charge in [-0.1, -0.05) is 68.7 Å². The summed E-state index contributed by atoms with van der Waals surface area (Å²) in [6, 6.07) is 7.02. The standard InChI is InChI=1S/C15H21Br/c1-14(2,3)10-6-7-12-11(8-10)13(16)9-15(12,4)5/h6-8,13H,9H2,1-5H3. The third-order valence-electron chi connectivity index (χ3n) is 3.67. The van der Waals surface area contributed by atoms with Crippen molar-refractivity contribution < 1.29 is 0 Å². The third-order valence-corrected chi connectivity index (χ3v) is 4.49. The van der Waals surface area contributed by atoms with Crippen LogP contribution in [0.4, 0.5) is 0 Å². The van der Waals surface area contributed by atoms with Gasteiger partial charge in [-0.05, 0) is 33.9 Å². The minimum Gasteiger partial charge on any atom is -0.0838 e. The minimum atomic E-state index is 0.245. The number of hydrogen-bond acceptors (Lipinski definition) is 0. The highest BCUT2D eigenvalue weighted by molar-refractivity contribution is 9.09. The van der Waals surface area contributed by atoms with E-state index in [1.807, 2.05) is 0 Å². The van der Waals surface area contributed by atoms with E-state index in [2.05, 4.69) is 68.7 Å². The van der Waals surface area contributed by atoms with Gasteiger partial charge in [0.2, 0.25) is 0 Å².